The third-order valence-electron chi connectivity index (χ3n) is 3.17. The Labute approximate surface area is 85.5 Å². The van der Waals surface area contributed by atoms with Gasteiger partial charge in [-0.05, 0) is 30.4 Å². The van der Waals surface area contributed by atoms with Crippen molar-refractivity contribution >= 4 is 5.82 Å². The first-order chi connectivity index (χ1) is 6.88. The number of hydrogen-bond donors (Lipinski definition) is 1. The Morgan fingerprint density at radius 1 is 1.14 bits per heavy atom. The zero-order valence-corrected chi connectivity index (χ0v) is 8.58. The molecule has 2 rings (SSSR count). The standard InChI is InChI=1S/C12H18N2/c13-12-11(8-5-9-14-12)10-6-3-1-2-4-7-10/h5,8-10H,1-4,6-7H2,(H2,13,14). The van der Waals surface area contributed by atoms with Gasteiger partial charge in [0.2, 0.25) is 0 Å². The molecule has 0 atom stereocenters. The first-order valence-corrected chi connectivity index (χ1v) is 5.58. The Morgan fingerprint density at radius 3 is 2.50 bits per heavy atom. The van der Waals surface area contributed by atoms with Crippen molar-refractivity contribution in [2.75, 3.05) is 5.73 Å². The summed E-state index contributed by atoms with van der Waals surface area (Å²) in [4.78, 5) is 4.16. The lowest BCUT2D eigenvalue weighted by atomic mass is 9.92. The molecule has 0 saturated heterocycles. The molecule has 0 aromatic carbocycles. The number of nitrogen functional groups attached to an aromatic ring is 1. The van der Waals surface area contributed by atoms with Crippen molar-refractivity contribution in [1.82, 2.24) is 4.98 Å². The number of aromatic nitrogens is 1. The number of nitrogens with two attached hydrogens (primary N) is 1. The van der Waals surface area contributed by atoms with E-state index in [1.54, 1.807) is 6.20 Å². The molecule has 0 radical (unpaired) electrons. The van der Waals surface area contributed by atoms with E-state index in [1.165, 1.54) is 44.1 Å². The summed E-state index contributed by atoms with van der Waals surface area (Å²) in [5, 5.41) is 0. The zero-order valence-electron chi connectivity index (χ0n) is 8.58. The van der Waals surface area contributed by atoms with Crippen LogP contribution in [0.2, 0.25) is 0 Å². The third kappa shape index (κ3) is 2.06. The number of pyridine rings is 1. The van der Waals surface area contributed by atoms with E-state index < -0.39 is 0 Å². The highest BCUT2D eigenvalue weighted by molar-refractivity contribution is 5.41. The van der Waals surface area contributed by atoms with Crippen LogP contribution >= 0.6 is 0 Å². The molecule has 0 aliphatic heterocycles. The second-order valence-electron chi connectivity index (χ2n) is 4.17. The molecule has 0 bridgehead atoms. The molecule has 2 N–H and O–H groups in total. The molecule has 1 heterocycles. The van der Waals surface area contributed by atoms with Gasteiger partial charge in [-0.2, -0.15) is 0 Å². The fourth-order valence-corrected chi connectivity index (χ4v) is 2.37. The normalized spacial score (nSPS) is 19.1. The minimum absolute atomic E-state index is 0.659. The number of hydrogen-bond acceptors (Lipinski definition) is 2. The smallest absolute Gasteiger partial charge is 0.126 e. The molecule has 0 spiro atoms. The molecule has 2 heteroatoms. The fourth-order valence-electron chi connectivity index (χ4n) is 2.37. The molecule has 1 fully saturated rings. The Morgan fingerprint density at radius 2 is 1.86 bits per heavy atom. The Kier molecular flexibility index (Phi) is 3.02. The van der Waals surface area contributed by atoms with Crippen molar-refractivity contribution in [2.24, 2.45) is 0 Å². The van der Waals surface area contributed by atoms with Gasteiger partial charge in [-0.15, -0.1) is 0 Å². The van der Waals surface area contributed by atoms with Gasteiger partial charge >= 0.3 is 0 Å². The maximum Gasteiger partial charge on any atom is 0.126 e. The minimum atomic E-state index is 0.659. The van der Waals surface area contributed by atoms with E-state index in [1.807, 2.05) is 6.07 Å². The van der Waals surface area contributed by atoms with Gasteiger partial charge in [-0.3, -0.25) is 0 Å². The Bertz CT molecular complexity index is 288. The highest BCUT2D eigenvalue weighted by Crippen LogP contribution is 2.33. The van der Waals surface area contributed by atoms with Crippen LogP contribution in [0.4, 0.5) is 5.82 Å². The topological polar surface area (TPSA) is 38.9 Å². The van der Waals surface area contributed by atoms with Crippen LogP contribution in [-0.4, -0.2) is 4.98 Å². The molecule has 1 aromatic heterocycles. The largest absolute Gasteiger partial charge is 0.383 e. The van der Waals surface area contributed by atoms with Crippen molar-refractivity contribution in [3.05, 3.63) is 23.9 Å². The summed E-state index contributed by atoms with van der Waals surface area (Å²) < 4.78 is 0. The average molecular weight is 190 g/mol. The molecule has 1 aliphatic rings. The van der Waals surface area contributed by atoms with E-state index in [2.05, 4.69) is 11.1 Å². The summed E-state index contributed by atoms with van der Waals surface area (Å²) in [6, 6.07) is 4.13. The molecular weight excluding hydrogens is 172 g/mol. The van der Waals surface area contributed by atoms with Gasteiger partial charge in [0, 0.05) is 6.20 Å². The van der Waals surface area contributed by atoms with Crippen LogP contribution in [0.3, 0.4) is 0 Å². The monoisotopic (exact) mass is 190 g/mol. The summed E-state index contributed by atoms with van der Waals surface area (Å²) in [5.74, 6) is 1.39. The summed E-state index contributed by atoms with van der Waals surface area (Å²) in [6.07, 6.45) is 9.81. The molecule has 0 unspecified atom stereocenters. The van der Waals surface area contributed by atoms with Crippen LogP contribution in [0, 0.1) is 0 Å². The predicted octanol–water partition coefficient (Wildman–Crippen LogP) is 3.10. The lowest BCUT2D eigenvalue weighted by Crippen LogP contribution is -2.03. The van der Waals surface area contributed by atoms with Gasteiger partial charge in [0.15, 0.2) is 0 Å². The lowest BCUT2D eigenvalue weighted by Gasteiger charge is -2.15. The quantitative estimate of drug-likeness (QED) is 0.691. The number of nitrogens with zero attached hydrogens (tertiary/aromatic N) is 1. The average Bonchev–Trinajstić information content (AvgIpc) is 2.47. The van der Waals surface area contributed by atoms with Crippen molar-refractivity contribution < 1.29 is 0 Å². The number of rotatable bonds is 1. The van der Waals surface area contributed by atoms with Crippen LogP contribution in [-0.2, 0) is 0 Å². The molecular formula is C12H18N2. The van der Waals surface area contributed by atoms with E-state index in [0.29, 0.717) is 5.92 Å². The first kappa shape index (κ1) is 9.50. The van der Waals surface area contributed by atoms with Gasteiger partial charge in [0.25, 0.3) is 0 Å². The summed E-state index contributed by atoms with van der Waals surface area (Å²) in [5.41, 5.74) is 7.16. The summed E-state index contributed by atoms with van der Waals surface area (Å²) in [6.45, 7) is 0. The molecule has 1 aromatic rings. The van der Waals surface area contributed by atoms with E-state index in [4.69, 9.17) is 5.73 Å². The maximum atomic E-state index is 5.89. The maximum absolute atomic E-state index is 5.89. The highest BCUT2D eigenvalue weighted by Gasteiger charge is 2.16. The van der Waals surface area contributed by atoms with Crippen LogP contribution in [0.15, 0.2) is 18.3 Å². The van der Waals surface area contributed by atoms with Crippen molar-refractivity contribution in [3.63, 3.8) is 0 Å². The van der Waals surface area contributed by atoms with Crippen molar-refractivity contribution in [2.45, 2.75) is 44.4 Å². The zero-order chi connectivity index (χ0) is 9.80. The van der Waals surface area contributed by atoms with E-state index >= 15 is 0 Å². The van der Waals surface area contributed by atoms with Crippen LogP contribution in [0.5, 0.6) is 0 Å². The molecule has 2 nitrogen and oxygen atoms in total. The molecule has 1 aliphatic carbocycles. The van der Waals surface area contributed by atoms with Crippen LogP contribution in [0.1, 0.15) is 50.0 Å². The molecule has 14 heavy (non-hydrogen) atoms. The number of anilines is 1. The van der Waals surface area contributed by atoms with Crippen LogP contribution < -0.4 is 5.73 Å². The molecule has 0 amide bonds. The van der Waals surface area contributed by atoms with Gasteiger partial charge in [0.05, 0.1) is 0 Å². The minimum Gasteiger partial charge on any atom is -0.383 e. The van der Waals surface area contributed by atoms with Gasteiger partial charge in [0.1, 0.15) is 5.82 Å². The van der Waals surface area contributed by atoms with E-state index in [0.717, 1.165) is 5.82 Å². The summed E-state index contributed by atoms with van der Waals surface area (Å²) in [7, 11) is 0. The second kappa shape index (κ2) is 4.45. The van der Waals surface area contributed by atoms with Crippen LogP contribution in [0.25, 0.3) is 0 Å². The molecule has 76 valence electrons. The highest BCUT2D eigenvalue weighted by atomic mass is 14.8. The van der Waals surface area contributed by atoms with Crippen molar-refractivity contribution in [1.29, 1.82) is 0 Å². The Hall–Kier alpha value is -1.05. The third-order valence-corrected chi connectivity index (χ3v) is 3.17. The van der Waals surface area contributed by atoms with Gasteiger partial charge in [-0.25, -0.2) is 4.98 Å². The lowest BCUT2D eigenvalue weighted by molar-refractivity contribution is 0.592. The first-order valence-electron chi connectivity index (χ1n) is 5.58. The Balaban J connectivity index is 2.16. The predicted molar refractivity (Wildman–Crippen MR) is 59.1 cm³/mol. The van der Waals surface area contributed by atoms with E-state index in [-0.39, 0.29) is 0 Å². The SMILES string of the molecule is Nc1ncccc1C1CCCCCC1. The van der Waals surface area contributed by atoms with Gasteiger partial charge < -0.3 is 5.73 Å². The fraction of sp³-hybridized carbons (Fsp3) is 0.583. The van der Waals surface area contributed by atoms with E-state index in [9.17, 15) is 0 Å². The van der Waals surface area contributed by atoms with Crippen molar-refractivity contribution in [3.8, 4) is 0 Å². The molecule has 1 saturated carbocycles. The summed E-state index contributed by atoms with van der Waals surface area (Å²) >= 11 is 0. The second-order valence-corrected chi connectivity index (χ2v) is 4.17. The van der Waals surface area contributed by atoms with Gasteiger partial charge in [-0.1, -0.05) is 31.7 Å².